The average Bonchev–Trinajstić information content (AvgIpc) is 2.26. The molecular formula is C13H26IN3O. The molecule has 1 fully saturated rings. The van der Waals surface area contributed by atoms with Crippen LogP contribution in [0.2, 0.25) is 0 Å². The lowest BCUT2D eigenvalue weighted by Crippen LogP contribution is -2.34. The molecule has 1 rings (SSSR count). The molecule has 2 atom stereocenters. The van der Waals surface area contributed by atoms with Crippen molar-refractivity contribution in [2.45, 2.75) is 39.2 Å². The molecule has 0 radical (unpaired) electrons. The summed E-state index contributed by atoms with van der Waals surface area (Å²) in [5.74, 6) is 1.27. The van der Waals surface area contributed by atoms with Gasteiger partial charge in [-0.2, -0.15) is 0 Å². The molecule has 0 aromatic carbocycles. The van der Waals surface area contributed by atoms with E-state index >= 15 is 0 Å². The van der Waals surface area contributed by atoms with E-state index in [1.165, 1.54) is 0 Å². The normalized spacial score (nSPS) is 24.2. The summed E-state index contributed by atoms with van der Waals surface area (Å²) in [5, 5.41) is 3.15. The van der Waals surface area contributed by atoms with Crippen LogP contribution < -0.4 is 11.1 Å². The number of halogens is 1. The van der Waals surface area contributed by atoms with Crippen LogP contribution in [0, 0.1) is 5.92 Å². The van der Waals surface area contributed by atoms with Gasteiger partial charge in [-0.15, -0.1) is 24.0 Å². The molecule has 4 nitrogen and oxygen atoms in total. The predicted molar refractivity (Wildman–Crippen MR) is 87.5 cm³/mol. The number of hydrogen-bond donors (Lipinski definition) is 2. The Morgan fingerprint density at radius 3 is 2.89 bits per heavy atom. The van der Waals surface area contributed by atoms with E-state index in [9.17, 15) is 0 Å². The lowest BCUT2D eigenvalue weighted by Gasteiger charge is -2.27. The van der Waals surface area contributed by atoms with Crippen molar-refractivity contribution in [3.8, 4) is 0 Å². The maximum atomic E-state index is 5.74. The number of ether oxygens (including phenoxy) is 1. The molecule has 0 aromatic rings. The minimum Gasteiger partial charge on any atom is -0.378 e. The van der Waals surface area contributed by atoms with Crippen LogP contribution in [0.1, 0.15) is 33.1 Å². The van der Waals surface area contributed by atoms with Crippen LogP contribution >= 0.6 is 24.0 Å². The van der Waals surface area contributed by atoms with E-state index in [4.69, 9.17) is 10.5 Å². The topological polar surface area (TPSA) is 59.6 Å². The predicted octanol–water partition coefficient (Wildman–Crippen LogP) is 2.29. The van der Waals surface area contributed by atoms with E-state index in [2.05, 4.69) is 23.8 Å². The van der Waals surface area contributed by atoms with E-state index < -0.39 is 0 Å². The number of aliphatic imine (C=N–C) groups is 1. The summed E-state index contributed by atoms with van der Waals surface area (Å²) in [6.45, 7) is 10.3. The van der Waals surface area contributed by atoms with Crippen molar-refractivity contribution in [1.82, 2.24) is 5.32 Å². The van der Waals surface area contributed by atoms with Gasteiger partial charge < -0.3 is 15.8 Å². The highest BCUT2D eigenvalue weighted by Crippen LogP contribution is 2.22. The summed E-state index contributed by atoms with van der Waals surface area (Å²) >= 11 is 0. The lowest BCUT2D eigenvalue weighted by molar-refractivity contribution is 0.00123. The number of nitrogens with one attached hydrogen (secondary N) is 1. The third-order valence-electron chi connectivity index (χ3n) is 2.97. The number of guanidine groups is 1. The number of hydrogen-bond acceptors (Lipinski definition) is 2. The highest BCUT2D eigenvalue weighted by Gasteiger charge is 2.18. The zero-order valence-electron chi connectivity index (χ0n) is 11.4. The van der Waals surface area contributed by atoms with Crippen LogP contribution in [0.15, 0.2) is 17.1 Å². The van der Waals surface area contributed by atoms with E-state index in [0.717, 1.165) is 43.9 Å². The van der Waals surface area contributed by atoms with Crippen molar-refractivity contribution >= 4 is 29.9 Å². The number of rotatable bonds is 5. The Morgan fingerprint density at radius 1 is 1.56 bits per heavy atom. The van der Waals surface area contributed by atoms with E-state index in [0.29, 0.717) is 18.6 Å². The SMILES string of the molecule is C=C(C)CN=C(N)NCCC1CCOC(C)C1.I. The molecule has 18 heavy (non-hydrogen) atoms. The van der Waals surface area contributed by atoms with Gasteiger partial charge >= 0.3 is 0 Å². The molecule has 0 bridgehead atoms. The summed E-state index contributed by atoms with van der Waals surface area (Å²) in [6, 6.07) is 0. The zero-order chi connectivity index (χ0) is 12.7. The second kappa shape index (κ2) is 9.61. The highest BCUT2D eigenvalue weighted by molar-refractivity contribution is 14.0. The molecule has 0 aliphatic carbocycles. The third-order valence-corrected chi connectivity index (χ3v) is 2.97. The van der Waals surface area contributed by atoms with Gasteiger partial charge in [-0.1, -0.05) is 12.2 Å². The van der Waals surface area contributed by atoms with Gasteiger partial charge in [-0.25, -0.2) is 4.99 Å². The minimum absolute atomic E-state index is 0. The molecule has 1 heterocycles. The summed E-state index contributed by atoms with van der Waals surface area (Å²) in [7, 11) is 0. The first-order chi connectivity index (χ1) is 8.08. The van der Waals surface area contributed by atoms with Crippen molar-refractivity contribution in [2.75, 3.05) is 19.7 Å². The van der Waals surface area contributed by atoms with Gasteiger partial charge in [0.05, 0.1) is 12.6 Å². The van der Waals surface area contributed by atoms with Gasteiger partial charge in [0.15, 0.2) is 5.96 Å². The van der Waals surface area contributed by atoms with E-state index in [-0.39, 0.29) is 24.0 Å². The minimum atomic E-state index is 0. The Balaban J connectivity index is 0.00000289. The lowest BCUT2D eigenvalue weighted by atomic mass is 9.93. The first-order valence-corrected chi connectivity index (χ1v) is 6.37. The molecule has 2 unspecified atom stereocenters. The average molecular weight is 367 g/mol. The fraction of sp³-hybridized carbons (Fsp3) is 0.769. The maximum Gasteiger partial charge on any atom is 0.188 e. The molecule has 106 valence electrons. The van der Waals surface area contributed by atoms with Crippen LogP contribution in [0.5, 0.6) is 0 Å². The van der Waals surface area contributed by atoms with E-state index in [1.807, 2.05) is 6.92 Å². The molecule has 5 heteroatoms. The van der Waals surface area contributed by atoms with Crippen molar-refractivity contribution in [2.24, 2.45) is 16.6 Å². The summed E-state index contributed by atoms with van der Waals surface area (Å²) in [5.41, 5.74) is 6.76. The number of nitrogens with zero attached hydrogens (tertiary/aromatic N) is 1. The zero-order valence-corrected chi connectivity index (χ0v) is 13.8. The Labute approximate surface area is 127 Å². The van der Waals surface area contributed by atoms with Crippen molar-refractivity contribution in [1.29, 1.82) is 0 Å². The molecule has 1 aliphatic rings. The Bertz CT molecular complexity index is 281. The van der Waals surface area contributed by atoms with E-state index in [1.54, 1.807) is 0 Å². The second-order valence-corrected chi connectivity index (χ2v) is 4.95. The van der Waals surface area contributed by atoms with Gasteiger partial charge in [-0.3, -0.25) is 0 Å². The largest absolute Gasteiger partial charge is 0.378 e. The first kappa shape index (κ1) is 17.7. The standard InChI is InChI=1S/C13H25N3O.HI/c1-10(2)9-16-13(14)15-6-4-12-5-7-17-11(3)8-12;/h11-12H,1,4-9H2,2-3H3,(H3,14,15,16);1H. The second-order valence-electron chi connectivity index (χ2n) is 4.95. The summed E-state index contributed by atoms with van der Waals surface area (Å²) in [6.07, 6.45) is 3.86. The molecule has 0 aromatic heterocycles. The van der Waals surface area contributed by atoms with Crippen molar-refractivity contribution < 1.29 is 4.74 Å². The monoisotopic (exact) mass is 367 g/mol. The van der Waals surface area contributed by atoms with Crippen LogP contribution in [-0.2, 0) is 4.74 Å². The maximum absolute atomic E-state index is 5.74. The smallest absolute Gasteiger partial charge is 0.188 e. The van der Waals surface area contributed by atoms with Gasteiger partial charge in [0.1, 0.15) is 0 Å². The molecule has 1 saturated heterocycles. The Kier molecular flexibility index (Phi) is 9.45. The summed E-state index contributed by atoms with van der Waals surface area (Å²) < 4.78 is 5.52. The van der Waals surface area contributed by atoms with Crippen molar-refractivity contribution in [3.05, 3.63) is 12.2 Å². The fourth-order valence-corrected chi connectivity index (χ4v) is 2.03. The van der Waals surface area contributed by atoms with Crippen LogP contribution in [-0.4, -0.2) is 31.8 Å². The quantitative estimate of drug-likeness (QED) is 0.339. The van der Waals surface area contributed by atoms with Crippen LogP contribution in [0.3, 0.4) is 0 Å². The molecular weight excluding hydrogens is 341 g/mol. The third kappa shape index (κ3) is 7.92. The van der Waals surface area contributed by atoms with Gasteiger partial charge in [0.25, 0.3) is 0 Å². The fourth-order valence-electron chi connectivity index (χ4n) is 2.03. The van der Waals surface area contributed by atoms with Gasteiger partial charge in [0, 0.05) is 13.2 Å². The van der Waals surface area contributed by atoms with Gasteiger partial charge in [0.2, 0.25) is 0 Å². The Hall–Kier alpha value is -0.300. The van der Waals surface area contributed by atoms with Crippen LogP contribution in [0.4, 0.5) is 0 Å². The van der Waals surface area contributed by atoms with Crippen molar-refractivity contribution in [3.63, 3.8) is 0 Å². The molecule has 0 amide bonds. The first-order valence-electron chi connectivity index (χ1n) is 6.37. The Morgan fingerprint density at radius 2 is 2.28 bits per heavy atom. The highest BCUT2D eigenvalue weighted by atomic mass is 127. The summed E-state index contributed by atoms with van der Waals surface area (Å²) in [4.78, 5) is 4.18. The van der Waals surface area contributed by atoms with Gasteiger partial charge in [-0.05, 0) is 39.0 Å². The molecule has 0 saturated carbocycles. The molecule has 0 spiro atoms. The molecule has 1 aliphatic heterocycles. The molecule has 3 N–H and O–H groups in total. The van der Waals surface area contributed by atoms with Crippen LogP contribution in [0.25, 0.3) is 0 Å². The number of nitrogens with two attached hydrogens (primary N) is 1.